The van der Waals surface area contributed by atoms with Crippen LogP contribution in [0.15, 0.2) is 17.2 Å². The number of aliphatic hydroxyl groups is 2. The molecule has 3 unspecified atom stereocenters. The predicted molar refractivity (Wildman–Crippen MR) is 108 cm³/mol. The van der Waals surface area contributed by atoms with Crippen molar-refractivity contribution in [1.82, 2.24) is 25.0 Å². The molecule has 1 fully saturated rings. The van der Waals surface area contributed by atoms with E-state index in [1.807, 2.05) is 0 Å². The fourth-order valence-electron chi connectivity index (χ4n) is 2.91. The van der Waals surface area contributed by atoms with Gasteiger partial charge in [-0.25, -0.2) is 18.5 Å². The molecule has 0 aliphatic carbocycles. The third-order valence-corrected chi connectivity index (χ3v) is 8.13. The molecular weight excluding hydrogens is 545 g/mol. The van der Waals surface area contributed by atoms with Gasteiger partial charge in [0.15, 0.2) is 6.23 Å². The molecular formula is C12H19N6O14P3. The zero-order chi connectivity index (χ0) is 26.2. The SMILES string of the molecule is Nc1nc(=O)n([C@@H]2O[C@H](COP(=O)(O)OP(=O)(O)OP(=O)(O)O)C(O)[C@@H]2O)cc1Cc1cn[nH]n1. The molecule has 23 heteroatoms. The van der Waals surface area contributed by atoms with Gasteiger partial charge in [0.25, 0.3) is 0 Å². The van der Waals surface area contributed by atoms with Gasteiger partial charge in [0, 0.05) is 18.2 Å². The molecule has 0 bridgehead atoms. The lowest BCUT2D eigenvalue weighted by Crippen LogP contribution is -2.36. The predicted octanol–water partition coefficient (Wildman–Crippen LogP) is -2.50. The third-order valence-electron chi connectivity index (χ3n) is 4.33. The molecule has 6 atom stereocenters. The second-order valence-electron chi connectivity index (χ2n) is 6.91. The highest BCUT2D eigenvalue weighted by molar-refractivity contribution is 7.66. The summed E-state index contributed by atoms with van der Waals surface area (Å²) in [6, 6.07) is 0. The van der Waals surface area contributed by atoms with Crippen molar-refractivity contribution in [2.75, 3.05) is 12.3 Å². The van der Waals surface area contributed by atoms with E-state index in [1.165, 1.54) is 12.4 Å². The van der Waals surface area contributed by atoms with Gasteiger partial charge in [-0.1, -0.05) is 0 Å². The van der Waals surface area contributed by atoms with Crippen LogP contribution in [0, 0.1) is 0 Å². The Labute approximate surface area is 193 Å². The molecule has 35 heavy (non-hydrogen) atoms. The molecule has 3 rings (SSSR count). The molecule has 1 saturated heterocycles. The number of nitrogen functional groups attached to an aromatic ring is 1. The van der Waals surface area contributed by atoms with Crippen LogP contribution < -0.4 is 11.4 Å². The van der Waals surface area contributed by atoms with Crippen molar-refractivity contribution in [3.63, 3.8) is 0 Å². The number of aliphatic hydroxyl groups excluding tert-OH is 2. The Morgan fingerprint density at radius 3 is 2.40 bits per heavy atom. The van der Waals surface area contributed by atoms with Crippen molar-refractivity contribution in [3.8, 4) is 0 Å². The summed E-state index contributed by atoms with van der Waals surface area (Å²) in [5.74, 6) is -0.147. The molecule has 0 spiro atoms. The maximum absolute atomic E-state index is 12.3. The molecule has 0 radical (unpaired) electrons. The summed E-state index contributed by atoms with van der Waals surface area (Å²) in [6.45, 7) is -1.05. The largest absolute Gasteiger partial charge is 0.490 e. The molecule has 2 aromatic rings. The second-order valence-corrected chi connectivity index (χ2v) is 11.3. The Morgan fingerprint density at radius 2 is 1.80 bits per heavy atom. The van der Waals surface area contributed by atoms with E-state index in [1.54, 1.807) is 0 Å². The number of H-pyrrole nitrogens is 1. The van der Waals surface area contributed by atoms with Gasteiger partial charge in [0.1, 0.15) is 24.1 Å². The van der Waals surface area contributed by atoms with Crippen LogP contribution in [0.3, 0.4) is 0 Å². The lowest BCUT2D eigenvalue weighted by molar-refractivity contribution is -0.0542. The number of aromatic nitrogens is 5. The van der Waals surface area contributed by atoms with Crippen LogP contribution in [0.2, 0.25) is 0 Å². The molecule has 9 N–H and O–H groups in total. The molecule has 1 aliphatic rings. The highest BCUT2D eigenvalue weighted by atomic mass is 31.3. The van der Waals surface area contributed by atoms with Crippen molar-refractivity contribution in [1.29, 1.82) is 0 Å². The van der Waals surface area contributed by atoms with Crippen molar-refractivity contribution in [2.24, 2.45) is 0 Å². The summed E-state index contributed by atoms with van der Waals surface area (Å²) >= 11 is 0. The zero-order valence-corrected chi connectivity index (χ0v) is 19.7. The first-order valence-corrected chi connectivity index (χ1v) is 13.6. The number of nitrogens with zero attached hydrogens (tertiary/aromatic N) is 4. The molecule has 2 aromatic heterocycles. The maximum atomic E-state index is 12.3. The van der Waals surface area contributed by atoms with Crippen molar-refractivity contribution in [2.45, 2.75) is 31.0 Å². The van der Waals surface area contributed by atoms with E-state index in [-0.39, 0.29) is 17.8 Å². The number of hydrogen-bond acceptors (Lipinski definition) is 14. The maximum Gasteiger partial charge on any atom is 0.490 e. The number of aromatic amines is 1. The lowest BCUT2D eigenvalue weighted by atomic mass is 10.1. The normalized spacial score (nSPS) is 26.3. The third kappa shape index (κ3) is 7.31. The molecule has 20 nitrogen and oxygen atoms in total. The van der Waals surface area contributed by atoms with E-state index in [2.05, 4.69) is 33.5 Å². The number of hydrogen-bond donors (Lipinski definition) is 8. The van der Waals surface area contributed by atoms with E-state index in [0.717, 1.165) is 4.57 Å². The zero-order valence-electron chi connectivity index (χ0n) is 17.0. The van der Waals surface area contributed by atoms with Crippen LogP contribution in [0.25, 0.3) is 0 Å². The first-order valence-electron chi connectivity index (χ1n) is 9.09. The first kappa shape index (κ1) is 27.7. The summed E-state index contributed by atoms with van der Waals surface area (Å²) in [7, 11) is -16.9. The Kier molecular flexibility index (Phi) is 8.10. The topological polar surface area (TPSA) is 312 Å². The molecule has 1 aliphatic heterocycles. The summed E-state index contributed by atoms with van der Waals surface area (Å²) < 4.78 is 51.5. The Bertz CT molecular complexity index is 1250. The van der Waals surface area contributed by atoms with Gasteiger partial charge in [0.05, 0.1) is 18.5 Å². The Morgan fingerprint density at radius 1 is 1.11 bits per heavy atom. The standard InChI is InChI=1S/C12H19N6O14P3/c13-10-5(1-6-2-14-17-16-6)3-18(12(21)15-10)11-9(20)8(19)7(30-11)4-29-34(25,26)32-35(27,28)31-33(22,23)24/h2-3,7-9,11,19-20H,1,4H2,(H,25,26)(H,27,28)(H2,13,15,21)(H,14,16,17)(H2,22,23,24)/t7-,8?,9+,11-/m1/s1. The van der Waals surface area contributed by atoms with E-state index < -0.39 is 60.3 Å². The summed E-state index contributed by atoms with van der Waals surface area (Å²) in [6.07, 6.45) is -4.11. The number of nitrogens with one attached hydrogen (secondary N) is 1. The van der Waals surface area contributed by atoms with Crippen LogP contribution in [-0.2, 0) is 38.0 Å². The van der Waals surface area contributed by atoms with E-state index in [4.69, 9.17) is 25.2 Å². The van der Waals surface area contributed by atoms with Crippen molar-refractivity contribution in [3.05, 3.63) is 34.1 Å². The van der Waals surface area contributed by atoms with Gasteiger partial charge in [0.2, 0.25) is 0 Å². The van der Waals surface area contributed by atoms with Gasteiger partial charge in [-0.2, -0.15) is 29.0 Å². The van der Waals surface area contributed by atoms with E-state index >= 15 is 0 Å². The minimum absolute atomic E-state index is 0.0798. The second kappa shape index (κ2) is 10.2. The average Bonchev–Trinajstić information content (AvgIpc) is 3.29. The number of phosphoric ester groups is 1. The van der Waals surface area contributed by atoms with Crippen molar-refractivity contribution >= 4 is 29.3 Å². The molecule has 0 amide bonds. The van der Waals surface area contributed by atoms with Crippen LogP contribution in [0.5, 0.6) is 0 Å². The Hall–Kier alpha value is -1.89. The minimum Gasteiger partial charge on any atom is -0.387 e. The fourth-order valence-corrected chi connectivity index (χ4v) is 5.94. The number of anilines is 1. The van der Waals surface area contributed by atoms with Gasteiger partial charge in [-0.15, -0.1) is 0 Å². The summed E-state index contributed by atoms with van der Waals surface area (Å²) in [4.78, 5) is 51.7. The van der Waals surface area contributed by atoms with Gasteiger partial charge in [-0.05, 0) is 0 Å². The number of phosphoric acid groups is 3. The smallest absolute Gasteiger partial charge is 0.387 e. The highest BCUT2D eigenvalue weighted by Gasteiger charge is 2.47. The monoisotopic (exact) mass is 564 g/mol. The number of nitrogens with two attached hydrogens (primary N) is 1. The Balaban J connectivity index is 1.72. The quantitative estimate of drug-likeness (QED) is 0.138. The average molecular weight is 564 g/mol. The van der Waals surface area contributed by atoms with Gasteiger partial charge in [-0.3, -0.25) is 9.09 Å². The molecule has 0 aromatic carbocycles. The van der Waals surface area contributed by atoms with E-state index in [9.17, 15) is 33.6 Å². The number of rotatable bonds is 10. The van der Waals surface area contributed by atoms with Crippen LogP contribution in [0.4, 0.5) is 5.82 Å². The molecule has 3 heterocycles. The summed E-state index contributed by atoms with van der Waals surface area (Å²) in [5, 5.41) is 30.4. The fraction of sp³-hybridized carbons (Fsp3) is 0.500. The van der Waals surface area contributed by atoms with Crippen LogP contribution in [0.1, 0.15) is 17.5 Å². The number of ether oxygens (including phenoxy) is 1. The lowest BCUT2D eigenvalue weighted by Gasteiger charge is -2.19. The van der Waals surface area contributed by atoms with Crippen LogP contribution >= 0.6 is 23.5 Å². The van der Waals surface area contributed by atoms with Crippen LogP contribution in [-0.4, -0.2) is 79.7 Å². The summed E-state index contributed by atoms with van der Waals surface area (Å²) in [5.41, 5.74) is 5.49. The molecule has 0 saturated carbocycles. The first-order chi connectivity index (χ1) is 16.1. The molecule has 196 valence electrons. The van der Waals surface area contributed by atoms with Gasteiger partial charge < -0.3 is 40.3 Å². The van der Waals surface area contributed by atoms with E-state index in [0.29, 0.717) is 5.69 Å². The highest BCUT2D eigenvalue weighted by Crippen LogP contribution is 2.66. The minimum atomic E-state index is -5.76. The van der Waals surface area contributed by atoms with Crippen molar-refractivity contribution < 1.29 is 61.4 Å². The van der Waals surface area contributed by atoms with Gasteiger partial charge >= 0.3 is 29.2 Å².